The fourth-order valence-corrected chi connectivity index (χ4v) is 4.25. The molecule has 0 amide bonds. The maximum absolute atomic E-state index is 13.7. The first-order valence-electron chi connectivity index (χ1n) is 11.0. The maximum atomic E-state index is 13.7. The summed E-state index contributed by atoms with van der Waals surface area (Å²) in [5.41, 5.74) is 3.36. The highest BCUT2D eigenvalue weighted by Gasteiger charge is 2.28. The first-order valence-corrected chi connectivity index (χ1v) is 11.0. The van der Waals surface area contributed by atoms with Gasteiger partial charge in [-0.1, -0.05) is 12.1 Å². The molecule has 0 bridgehead atoms. The van der Waals surface area contributed by atoms with Crippen LogP contribution in [-0.4, -0.2) is 66.9 Å². The lowest BCUT2D eigenvalue weighted by Crippen LogP contribution is -2.41. The summed E-state index contributed by atoms with van der Waals surface area (Å²) in [5, 5.41) is 0. The van der Waals surface area contributed by atoms with Crippen LogP contribution >= 0.6 is 0 Å². The lowest BCUT2D eigenvalue weighted by atomic mass is 9.98. The molecule has 0 N–H and O–H groups in total. The number of carbonyl (C=O) groups excluding carboxylic acids is 1. The van der Waals surface area contributed by atoms with E-state index in [-0.39, 0.29) is 5.82 Å². The van der Waals surface area contributed by atoms with Crippen LogP contribution in [0.25, 0.3) is 22.3 Å². The lowest BCUT2D eigenvalue weighted by Gasteiger charge is -2.30. The number of ether oxygens (including phenoxy) is 2. The number of nitrogens with zero attached hydrogens (tertiary/aromatic N) is 4. The largest absolute Gasteiger partial charge is 0.409 e. The number of esters is 1. The number of hydrogen-bond donors (Lipinski definition) is 0. The van der Waals surface area contributed by atoms with Gasteiger partial charge in [-0.3, -0.25) is 14.7 Å². The highest BCUT2D eigenvalue weighted by Crippen LogP contribution is 2.47. The number of pyridine rings is 1. The van der Waals surface area contributed by atoms with Gasteiger partial charge in [0.2, 0.25) is 5.88 Å². The molecular weight excluding hydrogens is 423 g/mol. The molecule has 174 valence electrons. The number of likely N-dealkylation sites (N-methyl/N-ethyl adjacent to an activating group) is 1. The van der Waals surface area contributed by atoms with E-state index in [0.29, 0.717) is 5.88 Å². The van der Waals surface area contributed by atoms with Crippen LogP contribution in [0, 0.1) is 5.82 Å². The van der Waals surface area contributed by atoms with Crippen molar-refractivity contribution >= 4 is 11.8 Å². The summed E-state index contributed by atoms with van der Waals surface area (Å²) in [6.07, 6.45) is 3.47. The van der Waals surface area contributed by atoms with Gasteiger partial charge >= 0.3 is 5.97 Å². The Balaban J connectivity index is 1.83. The molecule has 7 nitrogen and oxygen atoms in total. The number of hydrogen-bond acceptors (Lipinski definition) is 6. The Morgan fingerprint density at radius 1 is 1.09 bits per heavy atom. The molecule has 1 fully saturated rings. The van der Waals surface area contributed by atoms with Gasteiger partial charge in [-0.25, -0.2) is 4.39 Å². The van der Waals surface area contributed by atoms with Crippen molar-refractivity contribution < 1.29 is 18.7 Å². The number of anilines is 1. The fraction of sp³-hybridized carbons (Fsp3) is 0.360. The van der Waals surface area contributed by atoms with Gasteiger partial charge in [-0.15, -0.1) is 0 Å². The van der Waals surface area contributed by atoms with E-state index in [9.17, 15) is 9.18 Å². The minimum Gasteiger partial charge on any atom is -0.409 e. The minimum absolute atomic E-state index is 0.322. The smallest absolute Gasteiger partial charge is 0.309 e. The molecule has 33 heavy (non-hydrogen) atoms. The van der Waals surface area contributed by atoms with E-state index < -0.39 is 5.97 Å². The Bertz CT molecular complexity index is 1090. The maximum Gasteiger partial charge on any atom is 0.309 e. The van der Waals surface area contributed by atoms with Crippen LogP contribution in [0.2, 0.25) is 0 Å². The van der Waals surface area contributed by atoms with E-state index in [1.165, 1.54) is 19.1 Å². The average Bonchev–Trinajstić information content (AvgIpc) is 3.11. The van der Waals surface area contributed by atoms with E-state index in [1.54, 1.807) is 24.5 Å². The number of aromatic nitrogens is 2. The molecule has 0 spiro atoms. The van der Waals surface area contributed by atoms with E-state index in [1.807, 2.05) is 30.8 Å². The molecule has 0 radical (unpaired) electrons. The van der Waals surface area contributed by atoms with Crippen molar-refractivity contribution in [2.45, 2.75) is 6.92 Å². The lowest BCUT2D eigenvalue weighted by molar-refractivity contribution is -0.132. The van der Waals surface area contributed by atoms with Gasteiger partial charge in [0.05, 0.1) is 18.8 Å². The number of morpholine rings is 1. The molecule has 0 aliphatic carbocycles. The van der Waals surface area contributed by atoms with Crippen molar-refractivity contribution in [3.05, 3.63) is 54.6 Å². The second kappa shape index (κ2) is 10.1. The highest BCUT2D eigenvalue weighted by atomic mass is 19.1. The van der Waals surface area contributed by atoms with E-state index >= 15 is 0 Å². The molecule has 4 rings (SSSR count). The third kappa shape index (κ3) is 5.07. The second-order valence-corrected chi connectivity index (χ2v) is 8.15. The minimum atomic E-state index is -0.414. The zero-order valence-electron chi connectivity index (χ0n) is 19.3. The molecule has 2 aromatic heterocycles. The van der Waals surface area contributed by atoms with Gasteiger partial charge in [0.1, 0.15) is 11.6 Å². The van der Waals surface area contributed by atoms with E-state index in [2.05, 4.69) is 14.8 Å². The predicted octanol–water partition coefficient (Wildman–Crippen LogP) is 3.59. The van der Waals surface area contributed by atoms with Crippen molar-refractivity contribution in [3.8, 4) is 28.1 Å². The molecule has 3 heterocycles. The van der Waals surface area contributed by atoms with Crippen LogP contribution in [-0.2, 0) is 16.6 Å². The molecule has 8 heteroatoms. The number of halogens is 1. The molecule has 1 saturated heterocycles. The summed E-state index contributed by atoms with van der Waals surface area (Å²) in [4.78, 5) is 20.7. The third-order valence-electron chi connectivity index (χ3n) is 5.87. The van der Waals surface area contributed by atoms with E-state index in [4.69, 9.17) is 9.47 Å². The monoisotopic (exact) mass is 452 g/mol. The van der Waals surface area contributed by atoms with Crippen LogP contribution in [0.3, 0.4) is 0 Å². The van der Waals surface area contributed by atoms with Crippen LogP contribution < -0.4 is 9.64 Å². The second-order valence-electron chi connectivity index (χ2n) is 8.15. The van der Waals surface area contributed by atoms with Crippen molar-refractivity contribution in [1.29, 1.82) is 0 Å². The van der Waals surface area contributed by atoms with Crippen LogP contribution in [0.15, 0.2) is 48.8 Å². The normalized spacial score (nSPS) is 14.3. The summed E-state index contributed by atoms with van der Waals surface area (Å²) in [5.74, 6) is 0.596. The summed E-state index contributed by atoms with van der Waals surface area (Å²) in [6, 6.07) is 10.1. The zero-order valence-corrected chi connectivity index (χ0v) is 19.3. The molecule has 0 atom stereocenters. The molecule has 0 saturated carbocycles. The van der Waals surface area contributed by atoms with Crippen molar-refractivity contribution in [1.82, 2.24) is 14.5 Å². The first-order chi connectivity index (χ1) is 16.0. The Labute approximate surface area is 193 Å². The van der Waals surface area contributed by atoms with Crippen molar-refractivity contribution in [3.63, 3.8) is 0 Å². The molecule has 0 unspecified atom stereocenters. The fourth-order valence-electron chi connectivity index (χ4n) is 4.25. The SMILES string of the molecule is CC(=O)Oc1c(-c2ccc(F)cc2)c(-c2ccncc2)c(N(C)CCN2CCOCC2)n1C. The quantitative estimate of drug-likeness (QED) is 0.511. The molecule has 1 aliphatic rings. The number of carbonyl (C=O) groups is 1. The van der Waals surface area contributed by atoms with Crippen LogP contribution in [0.1, 0.15) is 6.92 Å². The number of benzene rings is 1. The standard InChI is InChI=1S/C25H29FN4O3/c1-18(31)33-25-23(19-4-6-21(26)7-5-19)22(20-8-10-27-11-9-20)24(29(25)3)28(2)12-13-30-14-16-32-17-15-30/h4-11H,12-17H2,1-3H3. The average molecular weight is 453 g/mol. The van der Waals surface area contributed by atoms with Crippen molar-refractivity contribution in [2.24, 2.45) is 7.05 Å². The zero-order chi connectivity index (χ0) is 23.4. The molecule has 1 aliphatic heterocycles. The molecule has 3 aromatic rings. The molecular formula is C25H29FN4O3. The summed E-state index contributed by atoms with van der Waals surface area (Å²) in [7, 11) is 3.92. The Hall–Kier alpha value is -3.23. The third-order valence-corrected chi connectivity index (χ3v) is 5.87. The Kier molecular flexibility index (Phi) is 7.05. The highest BCUT2D eigenvalue weighted by molar-refractivity contribution is 5.96. The first kappa shape index (κ1) is 22.9. The summed E-state index contributed by atoms with van der Waals surface area (Å²) >= 11 is 0. The van der Waals surface area contributed by atoms with Gasteiger partial charge in [0, 0.05) is 65.2 Å². The van der Waals surface area contributed by atoms with Gasteiger partial charge in [-0.2, -0.15) is 0 Å². The Morgan fingerprint density at radius 3 is 2.36 bits per heavy atom. The molecule has 1 aromatic carbocycles. The summed E-state index contributed by atoms with van der Waals surface area (Å²) < 4.78 is 26.8. The Morgan fingerprint density at radius 2 is 1.73 bits per heavy atom. The van der Waals surface area contributed by atoms with Gasteiger partial charge < -0.3 is 18.9 Å². The van der Waals surface area contributed by atoms with Crippen LogP contribution in [0.5, 0.6) is 5.88 Å². The summed E-state index contributed by atoms with van der Waals surface area (Å²) in [6.45, 7) is 6.38. The predicted molar refractivity (Wildman–Crippen MR) is 126 cm³/mol. The van der Waals surface area contributed by atoms with Gasteiger partial charge in [0.25, 0.3) is 0 Å². The van der Waals surface area contributed by atoms with Gasteiger partial charge in [0.15, 0.2) is 0 Å². The van der Waals surface area contributed by atoms with Gasteiger partial charge in [-0.05, 0) is 35.4 Å². The van der Waals surface area contributed by atoms with Crippen molar-refractivity contribution in [2.75, 3.05) is 51.3 Å². The number of rotatable bonds is 7. The van der Waals surface area contributed by atoms with E-state index in [0.717, 1.165) is 67.5 Å². The topological polar surface area (TPSA) is 59.8 Å². The van der Waals surface area contributed by atoms with Crippen LogP contribution in [0.4, 0.5) is 10.2 Å².